The molecule has 0 bridgehead atoms. The number of halogens is 1. The third-order valence-electron chi connectivity index (χ3n) is 3.35. The van der Waals surface area contributed by atoms with Crippen LogP contribution in [-0.2, 0) is 4.79 Å². The summed E-state index contributed by atoms with van der Waals surface area (Å²) >= 11 is 6.23. The van der Waals surface area contributed by atoms with Gasteiger partial charge in [0.2, 0.25) is 0 Å². The van der Waals surface area contributed by atoms with E-state index in [9.17, 15) is 4.79 Å². The summed E-state index contributed by atoms with van der Waals surface area (Å²) in [6.45, 7) is 0.290. The molecular weight excluding hydrogens is 314 g/mol. The molecule has 0 unspecified atom stereocenters. The molecule has 0 aliphatic heterocycles. The number of carboxylic acids is 1. The van der Waals surface area contributed by atoms with Crippen LogP contribution in [0.4, 0.5) is 5.82 Å². The summed E-state index contributed by atoms with van der Waals surface area (Å²) < 4.78 is 0. The second-order valence-corrected chi connectivity index (χ2v) is 5.37. The van der Waals surface area contributed by atoms with E-state index in [0.717, 1.165) is 16.5 Å². The van der Waals surface area contributed by atoms with Gasteiger partial charge in [-0.1, -0.05) is 35.9 Å². The van der Waals surface area contributed by atoms with Crippen LogP contribution in [0.15, 0.2) is 48.5 Å². The van der Waals surface area contributed by atoms with E-state index in [2.05, 4.69) is 15.3 Å². The van der Waals surface area contributed by atoms with Crippen LogP contribution in [-0.4, -0.2) is 27.6 Å². The lowest BCUT2D eigenvalue weighted by molar-refractivity contribution is -0.136. The Labute approximate surface area is 138 Å². The molecule has 2 N–H and O–H groups in total. The fourth-order valence-corrected chi connectivity index (χ4v) is 2.48. The van der Waals surface area contributed by atoms with E-state index in [4.69, 9.17) is 16.7 Å². The summed E-state index contributed by atoms with van der Waals surface area (Å²) in [7, 11) is 0. The number of aromatic nitrogens is 2. The van der Waals surface area contributed by atoms with Gasteiger partial charge in [-0.2, -0.15) is 0 Å². The molecule has 3 aromatic rings. The van der Waals surface area contributed by atoms with E-state index in [1.807, 2.05) is 42.5 Å². The number of hydrogen-bond donors (Lipinski definition) is 2. The maximum atomic E-state index is 10.7. The van der Waals surface area contributed by atoms with Crippen molar-refractivity contribution < 1.29 is 9.90 Å². The fraction of sp³-hybridized carbons (Fsp3) is 0.118. The van der Waals surface area contributed by atoms with Crippen LogP contribution in [0.1, 0.15) is 6.42 Å². The van der Waals surface area contributed by atoms with E-state index in [0.29, 0.717) is 16.7 Å². The quantitative estimate of drug-likeness (QED) is 0.744. The average Bonchev–Trinajstić information content (AvgIpc) is 2.54. The molecule has 5 nitrogen and oxygen atoms in total. The number of aliphatic carboxylic acids is 1. The van der Waals surface area contributed by atoms with E-state index in [1.54, 1.807) is 6.07 Å². The number of nitrogens with zero attached hydrogens (tertiary/aromatic N) is 2. The number of fused-ring (bicyclic) bond motifs is 1. The van der Waals surface area contributed by atoms with Crippen LogP contribution in [0.25, 0.3) is 22.3 Å². The normalized spacial score (nSPS) is 10.7. The maximum Gasteiger partial charge on any atom is 0.305 e. The van der Waals surface area contributed by atoms with Crippen molar-refractivity contribution in [1.82, 2.24) is 9.97 Å². The first-order valence-corrected chi connectivity index (χ1v) is 7.50. The van der Waals surface area contributed by atoms with Crippen LogP contribution < -0.4 is 5.32 Å². The van der Waals surface area contributed by atoms with Crippen molar-refractivity contribution in [1.29, 1.82) is 0 Å². The van der Waals surface area contributed by atoms with Crippen LogP contribution >= 0.6 is 11.6 Å². The standard InChI is InChI=1S/C17H14ClN3O2/c18-13-7-3-1-5-11(13)17-20-14-8-4-2-6-12(14)16(21-17)19-10-9-15(22)23/h1-8H,9-10H2,(H,22,23)(H,19,20,21). The number of rotatable bonds is 5. The lowest BCUT2D eigenvalue weighted by atomic mass is 10.2. The fourth-order valence-electron chi connectivity index (χ4n) is 2.26. The van der Waals surface area contributed by atoms with Crippen LogP contribution in [0.2, 0.25) is 5.02 Å². The Morgan fingerprint density at radius 1 is 1.09 bits per heavy atom. The highest BCUT2D eigenvalue weighted by atomic mass is 35.5. The number of carboxylic acid groups (broad SMARTS) is 1. The topological polar surface area (TPSA) is 75.1 Å². The van der Waals surface area contributed by atoms with E-state index >= 15 is 0 Å². The van der Waals surface area contributed by atoms with E-state index < -0.39 is 5.97 Å². The van der Waals surface area contributed by atoms with Crippen molar-refractivity contribution in [3.63, 3.8) is 0 Å². The highest BCUT2D eigenvalue weighted by Crippen LogP contribution is 2.29. The molecule has 0 fully saturated rings. The van der Waals surface area contributed by atoms with Gasteiger partial charge < -0.3 is 10.4 Å². The van der Waals surface area contributed by atoms with Gasteiger partial charge in [0.15, 0.2) is 5.82 Å². The van der Waals surface area contributed by atoms with Gasteiger partial charge in [0.05, 0.1) is 17.0 Å². The predicted octanol–water partition coefficient (Wildman–Crippen LogP) is 3.84. The molecule has 3 rings (SSSR count). The van der Waals surface area contributed by atoms with Gasteiger partial charge in [-0.15, -0.1) is 0 Å². The zero-order valence-corrected chi connectivity index (χ0v) is 12.9. The molecule has 1 aromatic heterocycles. The first-order valence-electron chi connectivity index (χ1n) is 7.12. The summed E-state index contributed by atoms with van der Waals surface area (Å²) in [6.07, 6.45) is 0.0136. The lowest BCUT2D eigenvalue weighted by Gasteiger charge is -2.11. The Hall–Kier alpha value is -2.66. The summed E-state index contributed by atoms with van der Waals surface area (Å²) in [5.41, 5.74) is 1.51. The molecule has 2 aromatic carbocycles. The smallest absolute Gasteiger partial charge is 0.305 e. The van der Waals surface area contributed by atoms with Gasteiger partial charge >= 0.3 is 5.97 Å². The summed E-state index contributed by atoms with van der Waals surface area (Å²) in [5, 5.41) is 13.3. The molecule has 0 saturated carbocycles. The third kappa shape index (κ3) is 3.40. The van der Waals surface area contributed by atoms with Gasteiger partial charge in [-0.3, -0.25) is 4.79 Å². The molecule has 0 saturated heterocycles. The number of nitrogens with one attached hydrogen (secondary N) is 1. The maximum absolute atomic E-state index is 10.7. The van der Waals surface area contributed by atoms with E-state index in [-0.39, 0.29) is 13.0 Å². The Kier molecular flexibility index (Phi) is 4.39. The molecule has 0 aliphatic carbocycles. The number of para-hydroxylation sites is 1. The van der Waals surface area contributed by atoms with Crippen molar-refractivity contribution >= 4 is 34.3 Å². The van der Waals surface area contributed by atoms with E-state index in [1.165, 1.54) is 0 Å². The number of benzene rings is 2. The van der Waals surface area contributed by atoms with Crippen molar-refractivity contribution in [3.05, 3.63) is 53.6 Å². The SMILES string of the molecule is O=C(O)CCNc1nc(-c2ccccc2Cl)nc2ccccc12. The Balaban J connectivity index is 2.06. The number of carbonyl (C=O) groups is 1. The summed E-state index contributed by atoms with van der Waals surface area (Å²) in [6, 6.07) is 14.9. The van der Waals surface area contributed by atoms with Crippen molar-refractivity contribution in [3.8, 4) is 11.4 Å². The van der Waals surface area contributed by atoms with Gasteiger partial charge in [0, 0.05) is 17.5 Å². The molecule has 0 aliphatic rings. The van der Waals surface area contributed by atoms with Gasteiger partial charge in [-0.25, -0.2) is 9.97 Å². The monoisotopic (exact) mass is 327 g/mol. The second kappa shape index (κ2) is 6.62. The van der Waals surface area contributed by atoms with Crippen molar-refractivity contribution in [2.24, 2.45) is 0 Å². The van der Waals surface area contributed by atoms with Crippen LogP contribution in [0.5, 0.6) is 0 Å². The molecule has 23 heavy (non-hydrogen) atoms. The summed E-state index contributed by atoms with van der Waals surface area (Å²) in [4.78, 5) is 19.8. The minimum atomic E-state index is -0.859. The predicted molar refractivity (Wildman–Crippen MR) is 90.7 cm³/mol. The third-order valence-corrected chi connectivity index (χ3v) is 3.68. The Bertz CT molecular complexity index is 867. The zero-order valence-electron chi connectivity index (χ0n) is 12.2. The minimum absolute atomic E-state index is 0.0136. The van der Waals surface area contributed by atoms with Crippen LogP contribution in [0.3, 0.4) is 0 Å². The average molecular weight is 328 g/mol. The van der Waals surface area contributed by atoms with Crippen molar-refractivity contribution in [2.75, 3.05) is 11.9 Å². The lowest BCUT2D eigenvalue weighted by Crippen LogP contribution is -2.09. The Morgan fingerprint density at radius 2 is 1.83 bits per heavy atom. The molecule has 116 valence electrons. The molecule has 0 atom stereocenters. The van der Waals surface area contributed by atoms with Gasteiger partial charge in [0.25, 0.3) is 0 Å². The van der Waals surface area contributed by atoms with Gasteiger partial charge in [0.1, 0.15) is 5.82 Å². The molecule has 0 spiro atoms. The first-order chi connectivity index (χ1) is 11.1. The molecule has 6 heteroatoms. The van der Waals surface area contributed by atoms with Crippen molar-refractivity contribution in [2.45, 2.75) is 6.42 Å². The Morgan fingerprint density at radius 3 is 2.61 bits per heavy atom. The first kappa shape index (κ1) is 15.2. The molecule has 1 heterocycles. The molecular formula is C17H14ClN3O2. The number of hydrogen-bond acceptors (Lipinski definition) is 4. The summed E-state index contributed by atoms with van der Waals surface area (Å²) in [5.74, 6) is 0.251. The highest BCUT2D eigenvalue weighted by Gasteiger charge is 2.11. The van der Waals surface area contributed by atoms with Crippen LogP contribution in [0, 0.1) is 0 Å². The zero-order chi connectivity index (χ0) is 16.2. The highest BCUT2D eigenvalue weighted by molar-refractivity contribution is 6.33. The minimum Gasteiger partial charge on any atom is -0.481 e. The number of anilines is 1. The molecule has 0 amide bonds. The van der Waals surface area contributed by atoms with Gasteiger partial charge in [-0.05, 0) is 24.3 Å². The molecule has 0 radical (unpaired) electrons. The largest absolute Gasteiger partial charge is 0.481 e. The second-order valence-electron chi connectivity index (χ2n) is 4.96.